The molecule has 0 bridgehead atoms. The smallest absolute Gasteiger partial charge is 0.323 e. The lowest BCUT2D eigenvalue weighted by Gasteiger charge is -2.09. The van der Waals surface area contributed by atoms with Crippen LogP contribution in [0.5, 0.6) is 0 Å². The van der Waals surface area contributed by atoms with Crippen LogP contribution in [-0.4, -0.2) is 16.0 Å². The lowest BCUT2D eigenvalue weighted by atomic mass is 10.1. The molecule has 3 aromatic carbocycles. The molecule has 5 nitrogen and oxygen atoms in total. The van der Waals surface area contributed by atoms with Crippen LogP contribution in [0.3, 0.4) is 0 Å². The van der Waals surface area contributed by atoms with Crippen LogP contribution >= 0.6 is 0 Å². The van der Waals surface area contributed by atoms with E-state index in [0.717, 1.165) is 53.5 Å². The van der Waals surface area contributed by atoms with Crippen LogP contribution in [0.2, 0.25) is 0 Å². The van der Waals surface area contributed by atoms with Crippen molar-refractivity contribution in [2.75, 3.05) is 10.6 Å². The molecule has 4 aromatic rings. The molecule has 0 saturated heterocycles. The highest BCUT2D eigenvalue weighted by Gasteiger charge is 2.09. The maximum Gasteiger partial charge on any atom is 0.323 e. The third-order valence-electron chi connectivity index (χ3n) is 4.48. The molecule has 0 aliphatic heterocycles. The number of aromatic amines is 1. The number of benzene rings is 3. The molecule has 0 atom stereocenters. The number of H-pyrrole nitrogens is 1. The second-order valence-corrected chi connectivity index (χ2v) is 6.60. The van der Waals surface area contributed by atoms with Crippen molar-refractivity contribution in [3.63, 3.8) is 0 Å². The Kier molecular flexibility index (Phi) is 5.20. The third-order valence-corrected chi connectivity index (χ3v) is 4.48. The number of imidazole rings is 1. The first-order valence-corrected chi connectivity index (χ1v) is 9.12. The van der Waals surface area contributed by atoms with Crippen molar-refractivity contribution in [3.8, 4) is 0 Å². The van der Waals surface area contributed by atoms with Crippen molar-refractivity contribution in [1.29, 1.82) is 0 Å². The van der Waals surface area contributed by atoms with Gasteiger partial charge in [-0.1, -0.05) is 24.3 Å². The van der Waals surface area contributed by atoms with Gasteiger partial charge in [-0.2, -0.15) is 0 Å². The number of aromatic nitrogens is 2. The number of aryl methyl sites for hydroxylation is 2. The predicted octanol–water partition coefficient (Wildman–Crippen LogP) is 5.27. The van der Waals surface area contributed by atoms with Gasteiger partial charge in [0.2, 0.25) is 0 Å². The third kappa shape index (κ3) is 4.57. The number of fused-ring (bicyclic) bond motifs is 1. The summed E-state index contributed by atoms with van der Waals surface area (Å²) in [5.74, 6) is -0.414. The molecule has 3 N–H and O–H groups in total. The fourth-order valence-corrected chi connectivity index (χ4v) is 3.02. The number of rotatable bonds is 5. The average molecular weight is 392 g/mol. The molecule has 0 saturated carbocycles. The Bertz CT molecular complexity index is 1120. The van der Waals surface area contributed by atoms with Crippen molar-refractivity contribution in [3.05, 3.63) is 89.8 Å². The monoisotopic (exact) mass is 392 g/mol. The van der Waals surface area contributed by atoms with E-state index in [4.69, 9.17) is 0 Å². The van der Waals surface area contributed by atoms with Gasteiger partial charge < -0.3 is 15.6 Å². The zero-order valence-electron chi connectivity index (χ0n) is 15.4. The number of urea groups is 1. The van der Waals surface area contributed by atoms with Crippen LogP contribution in [0.25, 0.3) is 11.0 Å². The van der Waals surface area contributed by atoms with Crippen molar-refractivity contribution in [2.24, 2.45) is 0 Å². The van der Waals surface area contributed by atoms with E-state index in [9.17, 15) is 13.6 Å². The van der Waals surface area contributed by atoms with E-state index in [1.165, 1.54) is 0 Å². The van der Waals surface area contributed by atoms with Crippen molar-refractivity contribution >= 4 is 28.4 Å². The van der Waals surface area contributed by atoms with Gasteiger partial charge in [0.1, 0.15) is 17.5 Å². The second kappa shape index (κ2) is 8.10. The minimum absolute atomic E-state index is 0.218. The van der Waals surface area contributed by atoms with E-state index in [2.05, 4.69) is 20.6 Å². The van der Waals surface area contributed by atoms with E-state index >= 15 is 0 Å². The molecule has 0 spiro atoms. The van der Waals surface area contributed by atoms with Crippen molar-refractivity contribution in [1.82, 2.24) is 9.97 Å². The van der Waals surface area contributed by atoms with Gasteiger partial charge in [0.25, 0.3) is 0 Å². The summed E-state index contributed by atoms with van der Waals surface area (Å²) in [4.78, 5) is 19.9. The molecular formula is C22H18F2N4O. The van der Waals surface area contributed by atoms with Crippen molar-refractivity contribution in [2.45, 2.75) is 12.8 Å². The quantitative estimate of drug-likeness (QED) is 0.433. The Morgan fingerprint density at radius 3 is 2.52 bits per heavy atom. The number of nitrogens with zero attached hydrogens (tertiary/aromatic N) is 1. The zero-order valence-corrected chi connectivity index (χ0v) is 15.4. The Hall–Kier alpha value is -3.74. The highest BCUT2D eigenvalue weighted by Crippen LogP contribution is 2.17. The number of anilines is 2. The number of hydrogen-bond acceptors (Lipinski definition) is 2. The Morgan fingerprint density at radius 2 is 1.72 bits per heavy atom. The van der Waals surface area contributed by atoms with Gasteiger partial charge >= 0.3 is 6.03 Å². The first-order valence-electron chi connectivity index (χ1n) is 9.12. The number of carbonyl (C=O) groups is 1. The number of halogens is 2. The molecule has 146 valence electrons. The van der Waals surface area contributed by atoms with Crippen LogP contribution in [0.15, 0.2) is 66.7 Å². The standard InChI is InChI=1S/C22H18F2N4O/c23-15-8-11-17(24)20(13-15)28-22(29)25-16-9-5-14(6-10-16)7-12-21-26-18-3-1-2-4-19(18)27-21/h1-6,8-11,13H,7,12H2,(H,26,27)(H2,25,28,29). The highest BCUT2D eigenvalue weighted by molar-refractivity contribution is 5.99. The first kappa shape index (κ1) is 18.6. The molecule has 0 fully saturated rings. The number of carbonyl (C=O) groups excluding carboxylic acids is 1. The highest BCUT2D eigenvalue weighted by atomic mass is 19.1. The molecule has 0 aliphatic rings. The van der Waals surface area contributed by atoms with Gasteiger partial charge in [0.05, 0.1) is 16.7 Å². The van der Waals surface area contributed by atoms with Gasteiger partial charge in [-0.05, 0) is 48.4 Å². The van der Waals surface area contributed by atoms with Crippen LogP contribution in [-0.2, 0) is 12.8 Å². The number of nitrogens with one attached hydrogen (secondary N) is 3. The van der Waals surface area contributed by atoms with Crippen LogP contribution < -0.4 is 10.6 Å². The molecule has 4 rings (SSSR count). The summed E-state index contributed by atoms with van der Waals surface area (Å²) >= 11 is 0. The normalized spacial score (nSPS) is 10.8. The van der Waals surface area contributed by atoms with E-state index in [-0.39, 0.29) is 5.69 Å². The Balaban J connectivity index is 1.33. The summed E-state index contributed by atoms with van der Waals surface area (Å²) in [5, 5.41) is 4.89. The first-order chi connectivity index (χ1) is 14.1. The summed E-state index contributed by atoms with van der Waals surface area (Å²) in [7, 11) is 0. The largest absolute Gasteiger partial charge is 0.342 e. The SMILES string of the molecule is O=C(Nc1ccc(CCc2nc3ccccc3[nH]2)cc1)Nc1cc(F)ccc1F. The fraction of sp³-hybridized carbons (Fsp3) is 0.0909. The van der Waals surface area contributed by atoms with Crippen LogP contribution in [0.1, 0.15) is 11.4 Å². The summed E-state index contributed by atoms with van der Waals surface area (Å²) in [6.07, 6.45) is 1.56. The number of para-hydroxylation sites is 2. The maximum atomic E-state index is 13.6. The summed E-state index contributed by atoms with van der Waals surface area (Å²) in [6.45, 7) is 0. The zero-order chi connectivity index (χ0) is 20.2. The van der Waals surface area contributed by atoms with E-state index < -0.39 is 17.7 Å². The molecule has 0 unspecified atom stereocenters. The Labute approximate surface area is 165 Å². The van der Waals surface area contributed by atoms with Gasteiger partial charge in [0.15, 0.2) is 0 Å². The molecule has 0 radical (unpaired) electrons. The van der Waals surface area contributed by atoms with Gasteiger partial charge in [0, 0.05) is 18.2 Å². The van der Waals surface area contributed by atoms with Gasteiger partial charge in [-0.3, -0.25) is 0 Å². The molecule has 2 amide bonds. The topological polar surface area (TPSA) is 69.8 Å². The van der Waals surface area contributed by atoms with Gasteiger partial charge in [-0.25, -0.2) is 18.6 Å². The minimum atomic E-state index is -0.706. The lowest BCUT2D eigenvalue weighted by molar-refractivity contribution is 0.262. The molecule has 7 heteroatoms. The van der Waals surface area contributed by atoms with Crippen LogP contribution in [0, 0.1) is 11.6 Å². The molecular weight excluding hydrogens is 374 g/mol. The maximum absolute atomic E-state index is 13.6. The number of hydrogen-bond donors (Lipinski definition) is 3. The second-order valence-electron chi connectivity index (χ2n) is 6.60. The van der Waals surface area contributed by atoms with E-state index in [1.807, 2.05) is 36.4 Å². The lowest BCUT2D eigenvalue weighted by Crippen LogP contribution is -2.20. The summed E-state index contributed by atoms with van der Waals surface area (Å²) < 4.78 is 26.8. The van der Waals surface area contributed by atoms with E-state index in [1.54, 1.807) is 12.1 Å². The fourth-order valence-electron chi connectivity index (χ4n) is 3.02. The van der Waals surface area contributed by atoms with Crippen LogP contribution in [0.4, 0.5) is 25.0 Å². The van der Waals surface area contributed by atoms with Gasteiger partial charge in [-0.15, -0.1) is 0 Å². The minimum Gasteiger partial charge on any atom is -0.342 e. The van der Waals surface area contributed by atoms with Crippen molar-refractivity contribution < 1.29 is 13.6 Å². The molecule has 0 aliphatic carbocycles. The summed E-state index contributed by atoms with van der Waals surface area (Å²) in [6, 6.07) is 17.4. The summed E-state index contributed by atoms with van der Waals surface area (Å²) in [5.41, 5.74) is 3.38. The molecule has 1 aromatic heterocycles. The average Bonchev–Trinajstić information content (AvgIpc) is 3.13. The molecule has 1 heterocycles. The molecule has 29 heavy (non-hydrogen) atoms. The number of amides is 2. The van der Waals surface area contributed by atoms with E-state index in [0.29, 0.717) is 5.69 Å². The predicted molar refractivity (Wildman–Crippen MR) is 109 cm³/mol. The Morgan fingerprint density at radius 1 is 0.931 bits per heavy atom.